The van der Waals surface area contributed by atoms with Gasteiger partial charge in [-0.3, -0.25) is 9.59 Å². The molecule has 2 unspecified atom stereocenters. The summed E-state index contributed by atoms with van der Waals surface area (Å²) in [4.78, 5) is 26.7. The first kappa shape index (κ1) is 23.9. The van der Waals surface area contributed by atoms with Gasteiger partial charge in [0.1, 0.15) is 10.6 Å². The van der Waals surface area contributed by atoms with Crippen LogP contribution in [0.1, 0.15) is 42.8 Å². The third kappa shape index (κ3) is 5.02. The number of benzene rings is 1. The molecule has 1 aliphatic rings. The Morgan fingerprint density at radius 3 is 2.59 bits per heavy atom. The van der Waals surface area contributed by atoms with Crippen LogP contribution in [0.4, 0.5) is 0 Å². The highest BCUT2D eigenvalue weighted by Gasteiger charge is 2.37. The Bertz CT molecular complexity index is 1050. The predicted molar refractivity (Wildman–Crippen MR) is 116 cm³/mol. The van der Waals surface area contributed by atoms with Gasteiger partial charge in [-0.05, 0) is 39.2 Å². The summed E-state index contributed by atoms with van der Waals surface area (Å²) in [7, 11) is -2.18. The van der Waals surface area contributed by atoms with Crippen molar-refractivity contribution in [3.05, 3.63) is 47.3 Å². The lowest BCUT2D eigenvalue weighted by atomic mass is 10.00. The van der Waals surface area contributed by atoms with Crippen molar-refractivity contribution in [1.29, 1.82) is 0 Å². The number of esters is 1. The van der Waals surface area contributed by atoms with Crippen molar-refractivity contribution in [2.75, 3.05) is 26.7 Å². The summed E-state index contributed by atoms with van der Waals surface area (Å²) < 4.78 is 37.6. The molecule has 3 rings (SSSR count). The fourth-order valence-electron chi connectivity index (χ4n) is 3.85. The minimum absolute atomic E-state index is 0.00429. The van der Waals surface area contributed by atoms with Gasteiger partial charge in [0.25, 0.3) is 5.91 Å². The lowest BCUT2D eigenvalue weighted by molar-refractivity contribution is -0.156. The van der Waals surface area contributed by atoms with Crippen molar-refractivity contribution in [2.45, 2.75) is 44.6 Å². The molecule has 174 valence electrons. The molecular weight excluding hydrogens is 434 g/mol. The number of aromatic nitrogens is 1. The number of hydrogen-bond acceptors (Lipinski definition) is 7. The number of rotatable bonds is 7. The summed E-state index contributed by atoms with van der Waals surface area (Å²) in [6, 6.07) is 9.38. The Hall–Kier alpha value is -2.72. The molecule has 2 atom stereocenters. The maximum Gasteiger partial charge on any atom is 0.310 e. The zero-order valence-electron chi connectivity index (χ0n) is 18.8. The van der Waals surface area contributed by atoms with Crippen molar-refractivity contribution in [1.82, 2.24) is 14.4 Å². The molecule has 9 nitrogen and oxygen atoms in total. The number of ether oxygens (including phenoxy) is 1. The minimum Gasteiger partial charge on any atom is -0.455 e. The first-order valence-electron chi connectivity index (χ1n) is 10.5. The molecule has 2 heterocycles. The zero-order valence-corrected chi connectivity index (χ0v) is 19.6. The summed E-state index contributed by atoms with van der Waals surface area (Å²) in [6.45, 7) is 4.91. The second kappa shape index (κ2) is 9.83. The van der Waals surface area contributed by atoms with Crippen LogP contribution in [0.3, 0.4) is 0 Å². The molecule has 2 aromatic rings. The van der Waals surface area contributed by atoms with Crippen molar-refractivity contribution >= 4 is 21.9 Å². The van der Waals surface area contributed by atoms with Crippen LogP contribution in [-0.4, -0.2) is 61.4 Å². The highest BCUT2D eigenvalue weighted by atomic mass is 32.2. The lowest BCUT2D eigenvalue weighted by Crippen LogP contribution is -2.43. The van der Waals surface area contributed by atoms with Gasteiger partial charge < -0.3 is 14.2 Å². The molecule has 0 saturated carbocycles. The summed E-state index contributed by atoms with van der Waals surface area (Å²) in [5.41, 5.74) is 1.26. The van der Waals surface area contributed by atoms with Crippen LogP contribution in [0.25, 0.3) is 0 Å². The quantitative estimate of drug-likeness (QED) is 0.580. The number of amides is 1. The summed E-state index contributed by atoms with van der Waals surface area (Å²) in [6.07, 6.45) is 1.01. The monoisotopic (exact) mass is 463 g/mol. The van der Waals surface area contributed by atoms with E-state index in [1.807, 2.05) is 37.3 Å². The van der Waals surface area contributed by atoms with E-state index in [1.54, 1.807) is 20.9 Å². The first-order valence-corrected chi connectivity index (χ1v) is 12.0. The van der Waals surface area contributed by atoms with E-state index in [-0.39, 0.29) is 41.5 Å². The largest absolute Gasteiger partial charge is 0.455 e. The van der Waals surface area contributed by atoms with Crippen molar-refractivity contribution in [3.63, 3.8) is 0 Å². The molecule has 1 fully saturated rings. The zero-order chi connectivity index (χ0) is 23.5. The molecule has 1 aliphatic heterocycles. The molecule has 0 aliphatic carbocycles. The number of sulfonamides is 1. The Morgan fingerprint density at radius 2 is 1.97 bits per heavy atom. The normalized spacial score (nSPS) is 18.2. The number of carbonyl (C=O) groups excluding carboxylic acids is 2. The minimum atomic E-state index is -3.84. The fraction of sp³-hybridized carbons (Fsp3) is 0.500. The number of carbonyl (C=O) groups is 2. The van der Waals surface area contributed by atoms with Gasteiger partial charge in [0.2, 0.25) is 10.0 Å². The van der Waals surface area contributed by atoms with Gasteiger partial charge in [0.05, 0.1) is 12.0 Å². The van der Waals surface area contributed by atoms with E-state index in [9.17, 15) is 18.0 Å². The van der Waals surface area contributed by atoms with Crippen LogP contribution in [0.15, 0.2) is 39.8 Å². The van der Waals surface area contributed by atoms with Crippen molar-refractivity contribution in [2.24, 2.45) is 5.92 Å². The van der Waals surface area contributed by atoms with Crippen LogP contribution < -0.4 is 0 Å². The third-order valence-corrected chi connectivity index (χ3v) is 7.99. The molecule has 32 heavy (non-hydrogen) atoms. The number of hydrogen-bond donors (Lipinski definition) is 0. The van der Waals surface area contributed by atoms with Crippen LogP contribution >= 0.6 is 0 Å². The predicted octanol–water partition coefficient (Wildman–Crippen LogP) is 2.45. The number of piperidine rings is 1. The van der Waals surface area contributed by atoms with Gasteiger partial charge in [-0.1, -0.05) is 35.5 Å². The summed E-state index contributed by atoms with van der Waals surface area (Å²) >= 11 is 0. The highest BCUT2D eigenvalue weighted by molar-refractivity contribution is 7.89. The van der Waals surface area contributed by atoms with Gasteiger partial charge in [0.15, 0.2) is 12.4 Å². The number of nitrogens with zero attached hydrogens (tertiary/aromatic N) is 3. The number of aryl methyl sites for hydroxylation is 2. The molecule has 1 aromatic carbocycles. The van der Waals surface area contributed by atoms with E-state index in [0.29, 0.717) is 19.4 Å². The second-order valence-electron chi connectivity index (χ2n) is 8.05. The van der Waals surface area contributed by atoms with Crippen molar-refractivity contribution < 1.29 is 27.3 Å². The van der Waals surface area contributed by atoms with E-state index in [4.69, 9.17) is 9.26 Å². The van der Waals surface area contributed by atoms with Crippen LogP contribution in [0.2, 0.25) is 0 Å². The van der Waals surface area contributed by atoms with Gasteiger partial charge >= 0.3 is 5.97 Å². The van der Waals surface area contributed by atoms with Crippen LogP contribution in [-0.2, 0) is 24.3 Å². The third-order valence-electron chi connectivity index (χ3n) is 5.88. The maximum absolute atomic E-state index is 13.0. The van der Waals surface area contributed by atoms with E-state index < -0.39 is 21.9 Å². The molecular formula is C22H29N3O6S. The standard InChI is InChI=1S/C22H29N3O6S/c1-15-21(17(3)31-23-15)32(28,29)25-12-8-11-19(13-25)22(27)30-14-20(26)24(4)16(2)18-9-6-5-7-10-18/h5-7,9-10,16,19H,8,11-14H2,1-4H3. The second-order valence-corrected chi connectivity index (χ2v) is 9.93. The highest BCUT2D eigenvalue weighted by Crippen LogP contribution is 2.28. The van der Waals surface area contributed by atoms with Gasteiger partial charge in [-0.2, -0.15) is 4.31 Å². The van der Waals surface area contributed by atoms with Gasteiger partial charge in [-0.25, -0.2) is 8.42 Å². The SMILES string of the molecule is Cc1noc(C)c1S(=O)(=O)N1CCCC(C(=O)OCC(=O)N(C)C(C)c2ccccc2)C1. The summed E-state index contributed by atoms with van der Waals surface area (Å²) in [5, 5.41) is 3.72. The van der Waals surface area contributed by atoms with Gasteiger partial charge in [-0.15, -0.1) is 0 Å². The maximum atomic E-state index is 13.0. The van der Waals surface area contributed by atoms with E-state index in [1.165, 1.54) is 9.21 Å². The smallest absolute Gasteiger partial charge is 0.310 e. The molecule has 1 aromatic heterocycles. The Labute approximate surface area is 188 Å². The molecule has 1 amide bonds. The molecule has 0 spiro atoms. The fourth-order valence-corrected chi connectivity index (χ4v) is 5.66. The molecule has 0 bridgehead atoms. The van der Waals surface area contributed by atoms with Gasteiger partial charge in [0, 0.05) is 20.1 Å². The van der Waals surface area contributed by atoms with E-state index >= 15 is 0 Å². The Kier molecular flexibility index (Phi) is 7.35. The van der Waals surface area contributed by atoms with Crippen molar-refractivity contribution in [3.8, 4) is 0 Å². The van der Waals surface area contributed by atoms with E-state index in [0.717, 1.165) is 5.56 Å². The average Bonchev–Trinajstić information content (AvgIpc) is 3.15. The molecule has 0 radical (unpaired) electrons. The Balaban J connectivity index is 1.59. The Morgan fingerprint density at radius 1 is 1.28 bits per heavy atom. The molecule has 1 saturated heterocycles. The first-order chi connectivity index (χ1) is 15.1. The molecule has 10 heteroatoms. The van der Waals surface area contributed by atoms with E-state index in [2.05, 4.69) is 5.16 Å². The topological polar surface area (TPSA) is 110 Å². The average molecular weight is 464 g/mol. The molecule has 0 N–H and O–H groups in total. The van der Waals surface area contributed by atoms with Crippen LogP contribution in [0.5, 0.6) is 0 Å². The lowest BCUT2D eigenvalue weighted by Gasteiger charge is -2.31. The number of likely N-dealkylation sites (N-methyl/N-ethyl adjacent to an activating group) is 1. The summed E-state index contributed by atoms with van der Waals surface area (Å²) in [5.74, 6) is -1.32. The van der Waals surface area contributed by atoms with Crippen LogP contribution in [0, 0.1) is 19.8 Å².